The van der Waals surface area contributed by atoms with Crippen molar-refractivity contribution in [1.82, 2.24) is 10.2 Å². The molecule has 49 heavy (non-hydrogen) atoms. The molecule has 11 nitrogen and oxygen atoms in total. The van der Waals surface area contributed by atoms with E-state index in [-0.39, 0.29) is 36.4 Å². The Morgan fingerprint density at radius 3 is 2.12 bits per heavy atom. The number of anilines is 4. The molecule has 0 unspecified atom stereocenters. The van der Waals surface area contributed by atoms with Gasteiger partial charge in [0.1, 0.15) is 0 Å². The highest BCUT2D eigenvalue weighted by atomic mass is 16.4. The Labute approximate surface area is 286 Å². The van der Waals surface area contributed by atoms with Crippen LogP contribution in [0.1, 0.15) is 27.9 Å². The molecule has 4 N–H and O–H groups in total. The van der Waals surface area contributed by atoms with E-state index in [1.165, 1.54) is 17.8 Å². The summed E-state index contributed by atoms with van der Waals surface area (Å²) in [6.07, 6.45) is 0.778. The summed E-state index contributed by atoms with van der Waals surface area (Å²) < 4.78 is 0. The van der Waals surface area contributed by atoms with Gasteiger partial charge in [-0.2, -0.15) is 0 Å². The fourth-order valence-electron chi connectivity index (χ4n) is 5.72. The molecular formula is C38H42N6O5. The monoisotopic (exact) mass is 662 g/mol. The molecule has 254 valence electrons. The molecule has 4 amide bonds. The van der Waals surface area contributed by atoms with E-state index in [1.807, 2.05) is 49.4 Å². The summed E-state index contributed by atoms with van der Waals surface area (Å²) in [5, 5.41) is 17.7. The maximum absolute atomic E-state index is 13.4. The molecule has 1 aliphatic rings. The highest BCUT2D eigenvalue weighted by Gasteiger charge is 2.20. The van der Waals surface area contributed by atoms with Crippen LogP contribution in [0.25, 0.3) is 0 Å². The topological polar surface area (TPSA) is 134 Å². The summed E-state index contributed by atoms with van der Waals surface area (Å²) in [5.74, 6) is -1.64. The van der Waals surface area contributed by atoms with Crippen molar-refractivity contribution in [2.45, 2.75) is 19.8 Å². The van der Waals surface area contributed by atoms with Gasteiger partial charge in [-0.25, -0.2) is 9.59 Å². The average Bonchev–Trinajstić information content (AvgIpc) is 3.11. The number of nitrogens with zero attached hydrogens (tertiary/aromatic N) is 3. The van der Waals surface area contributed by atoms with E-state index in [0.717, 1.165) is 56.0 Å². The minimum Gasteiger partial charge on any atom is -0.478 e. The summed E-state index contributed by atoms with van der Waals surface area (Å²) in [7, 11) is 0. The number of amides is 4. The summed E-state index contributed by atoms with van der Waals surface area (Å²) in [6, 6.07) is 30.6. The number of piperazine rings is 1. The highest BCUT2D eigenvalue weighted by molar-refractivity contribution is 6.00. The lowest BCUT2D eigenvalue weighted by Crippen LogP contribution is -2.47. The quantitative estimate of drug-likeness (QED) is 0.154. The van der Waals surface area contributed by atoms with Crippen molar-refractivity contribution in [3.63, 3.8) is 0 Å². The summed E-state index contributed by atoms with van der Waals surface area (Å²) in [6.45, 7) is 6.64. The number of nitrogens with one attached hydrogen (secondary N) is 3. The Kier molecular flexibility index (Phi) is 12.0. The van der Waals surface area contributed by atoms with Gasteiger partial charge in [-0.15, -0.1) is 0 Å². The first-order chi connectivity index (χ1) is 23.7. The molecule has 11 heteroatoms. The molecule has 4 aromatic carbocycles. The molecule has 0 saturated carbocycles. The smallest absolute Gasteiger partial charge is 0.335 e. The van der Waals surface area contributed by atoms with E-state index in [9.17, 15) is 24.3 Å². The van der Waals surface area contributed by atoms with E-state index >= 15 is 0 Å². The molecule has 4 aromatic rings. The number of hydrogen-bond acceptors (Lipinski definition) is 6. The second kappa shape index (κ2) is 16.9. The number of carbonyl (C=O) groups excluding carboxylic acids is 3. The molecule has 5 rings (SSSR count). The van der Waals surface area contributed by atoms with Crippen molar-refractivity contribution in [2.24, 2.45) is 0 Å². The van der Waals surface area contributed by atoms with Gasteiger partial charge in [0.25, 0.3) is 0 Å². The summed E-state index contributed by atoms with van der Waals surface area (Å²) in [5.41, 5.74) is 4.90. The SMILES string of the molecule is Cc1ccccc1NC(=O)Nc1ccc(CC(=O)NCC(=O)N(CCCN2CCN(c3ccccc3)CC2)c2ccc(C(=O)O)cc2)cc1. The van der Waals surface area contributed by atoms with E-state index in [0.29, 0.717) is 17.9 Å². The van der Waals surface area contributed by atoms with Crippen LogP contribution < -0.4 is 25.8 Å². The van der Waals surface area contributed by atoms with E-state index in [4.69, 9.17) is 0 Å². The largest absolute Gasteiger partial charge is 0.478 e. The van der Waals surface area contributed by atoms with E-state index in [2.05, 4.69) is 37.9 Å². The number of hydrogen-bond donors (Lipinski definition) is 4. The predicted molar refractivity (Wildman–Crippen MR) is 192 cm³/mol. The molecule has 1 fully saturated rings. The van der Waals surface area contributed by atoms with Gasteiger partial charge in [-0.05, 0) is 85.6 Å². The molecule has 0 aromatic heterocycles. The molecule has 0 spiro atoms. The Hall–Kier alpha value is -5.68. The van der Waals surface area contributed by atoms with Crippen molar-refractivity contribution >= 4 is 46.6 Å². The number of urea groups is 1. The number of aryl methyl sites for hydroxylation is 1. The zero-order valence-corrected chi connectivity index (χ0v) is 27.6. The molecule has 0 bridgehead atoms. The predicted octanol–water partition coefficient (Wildman–Crippen LogP) is 5.24. The lowest BCUT2D eigenvalue weighted by molar-refractivity contribution is -0.124. The maximum Gasteiger partial charge on any atom is 0.335 e. The second-order valence-corrected chi connectivity index (χ2v) is 12.0. The standard InChI is InChI=1S/C38H42N6O5/c1-28-8-5-6-11-34(28)41-38(49)40-31-16-12-29(13-17-31)26-35(45)39-27-36(46)44(33-18-14-30(15-19-33)37(47)48)21-7-20-42-22-24-43(25-23-42)32-9-3-2-4-10-32/h2-6,8-19H,7,20-27H2,1H3,(H,39,45)(H,47,48)(H2,40,41,49). The van der Waals surface area contributed by atoms with Gasteiger partial charge in [-0.3, -0.25) is 14.5 Å². The number of carboxylic acid groups (broad SMARTS) is 1. The van der Waals surface area contributed by atoms with Gasteiger partial charge in [0, 0.05) is 55.5 Å². The van der Waals surface area contributed by atoms with E-state index in [1.54, 1.807) is 41.3 Å². The fraction of sp³-hybridized carbons (Fsp3) is 0.263. The number of carboxylic acids is 1. The second-order valence-electron chi connectivity index (χ2n) is 12.0. The first-order valence-electron chi connectivity index (χ1n) is 16.4. The van der Waals surface area contributed by atoms with Crippen LogP contribution in [0.15, 0.2) is 103 Å². The summed E-state index contributed by atoms with van der Waals surface area (Å²) >= 11 is 0. The van der Waals surface area contributed by atoms with Crippen LogP contribution in [-0.2, 0) is 16.0 Å². The van der Waals surface area contributed by atoms with Gasteiger partial charge < -0.3 is 30.9 Å². The van der Waals surface area contributed by atoms with Crippen molar-refractivity contribution in [1.29, 1.82) is 0 Å². The first kappa shape index (κ1) is 34.6. The van der Waals surface area contributed by atoms with Crippen molar-refractivity contribution < 1.29 is 24.3 Å². The van der Waals surface area contributed by atoms with Crippen LogP contribution in [0.2, 0.25) is 0 Å². The van der Waals surface area contributed by atoms with Gasteiger partial charge >= 0.3 is 12.0 Å². The van der Waals surface area contributed by atoms with Crippen molar-refractivity contribution in [2.75, 3.05) is 66.2 Å². The molecular weight excluding hydrogens is 620 g/mol. The van der Waals surface area contributed by atoms with Gasteiger partial charge in [0.05, 0.1) is 18.5 Å². The molecule has 1 heterocycles. The number of carbonyl (C=O) groups is 4. The molecule has 0 radical (unpaired) electrons. The lowest BCUT2D eigenvalue weighted by Gasteiger charge is -2.36. The Morgan fingerprint density at radius 2 is 1.45 bits per heavy atom. The summed E-state index contributed by atoms with van der Waals surface area (Å²) in [4.78, 5) is 56.4. The van der Waals surface area contributed by atoms with Crippen LogP contribution >= 0.6 is 0 Å². The fourth-order valence-corrected chi connectivity index (χ4v) is 5.72. The third-order valence-corrected chi connectivity index (χ3v) is 8.48. The number of para-hydroxylation sites is 2. The number of rotatable bonds is 13. The van der Waals surface area contributed by atoms with Crippen LogP contribution in [0, 0.1) is 6.92 Å². The number of aromatic carboxylic acids is 1. The molecule has 1 aliphatic heterocycles. The maximum atomic E-state index is 13.4. The molecule has 1 saturated heterocycles. The average molecular weight is 663 g/mol. The zero-order chi connectivity index (χ0) is 34.6. The molecule has 0 atom stereocenters. The Balaban J connectivity index is 1.11. The van der Waals surface area contributed by atoms with E-state index < -0.39 is 5.97 Å². The van der Waals surface area contributed by atoms with Crippen molar-refractivity contribution in [3.8, 4) is 0 Å². The minimum absolute atomic E-state index is 0.0607. The lowest BCUT2D eigenvalue weighted by atomic mass is 10.1. The third kappa shape index (κ3) is 10.2. The Morgan fingerprint density at radius 1 is 0.776 bits per heavy atom. The Bertz CT molecular complexity index is 1720. The van der Waals surface area contributed by atoms with Crippen LogP contribution in [0.3, 0.4) is 0 Å². The van der Waals surface area contributed by atoms with Gasteiger partial charge in [-0.1, -0.05) is 48.5 Å². The van der Waals surface area contributed by atoms with Crippen molar-refractivity contribution in [3.05, 3.63) is 120 Å². The molecule has 0 aliphatic carbocycles. The first-order valence-corrected chi connectivity index (χ1v) is 16.4. The highest BCUT2D eigenvalue weighted by Crippen LogP contribution is 2.19. The minimum atomic E-state index is -1.04. The van der Waals surface area contributed by atoms with Crippen LogP contribution in [0.4, 0.5) is 27.5 Å². The van der Waals surface area contributed by atoms with Gasteiger partial charge in [0.2, 0.25) is 11.8 Å². The normalized spacial score (nSPS) is 13.0. The zero-order valence-electron chi connectivity index (χ0n) is 27.6. The van der Waals surface area contributed by atoms with Crippen LogP contribution in [0.5, 0.6) is 0 Å². The number of benzene rings is 4. The van der Waals surface area contributed by atoms with Crippen LogP contribution in [-0.4, -0.2) is 79.6 Å². The van der Waals surface area contributed by atoms with Gasteiger partial charge in [0.15, 0.2) is 0 Å². The third-order valence-electron chi connectivity index (χ3n) is 8.48.